The lowest BCUT2D eigenvalue weighted by molar-refractivity contribution is -0.119. The summed E-state index contributed by atoms with van der Waals surface area (Å²) in [5.74, 6) is 0.369. The number of ketones is 1. The van der Waals surface area contributed by atoms with Crippen LogP contribution in [-0.4, -0.2) is 5.78 Å². The molecular formula is C35H32Br2O. The highest BCUT2D eigenvalue weighted by atomic mass is 79.9. The monoisotopic (exact) mass is 626 g/mol. The maximum absolute atomic E-state index is 12.4. The van der Waals surface area contributed by atoms with Gasteiger partial charge in [0.25, 0.3) is 0 Å². The maximum atomic E-state index is 12.4. The van der Waals surface area contributed by atoms with Gasteiger partial charge in [-0.2, -0.15) is 0 Å². The highest BCUT2D eigenvalue weighted by Gasteiger charge is 2.04. The quantitative estimate of drug-likeness (QED) is 0.143. The normalized spacial score (nSPS) is 11.4. The van der Waals surface area contributed by atoms with Gasteiger partial charge in [-0.3, -0.25) is 4.79 Å². The first-order chi connectivity index (χ1) is 18.5. The van der Waals surface area contributed by atoms with Crippen LogP contribution in [0.3, 0.4) is 0 Å². The molecule has 1 nitrogen and oxygen atoms in total. The first-order valence-electron chi connectivity index (χ1n) is 13.1. The molecule has 4 aromatic rings. The fourth-order valence-corrected chi connectivity index (χ4v) is 4.76. The van der Waals surface area contributed by atoms with Crippen LogP contribution in [0.4, 0.5) is 0 Å². The van der Waals surface area contributed by atoms with E-state index in [0.717, 1.165) is 34.6 Å². The van der Waals surface area contributed by atoms with Crippen molar-refractivity contribution in [3.8, 4) is 0 Å². The Bertz CT molecular complexity index is 1240. The lowest BCUT2D eigenvalue weighted by Crippen LogP contribution is -2.00. The molecule has 0 amide bonds. The van der Waals surface area contributed by atoms with E-state index in [1.807, 2.05) is 24.3 Å². The zero-order valence-electron chi connectivity index (χ0n) is 21.5. The van der Waals surface area contributed by atoms with E-state index in [1.54, 1.807) is 0 Å². The second kappa shape index (κ2) is 14.8. The van der Waals surface area contributed by atoms with Crippen LogP contribution < -0.4 is 0 Å². The molecule has 0 N–H and O–H groups in total. The van der Waals surface area contributed by atoms with E-state index in [1.165, 1.54) is 33.4 Å². The molecule has 0 spiro atoms. The summed E-state index contributed by atoms with van der Waals surface area (Å²) in [7, 11) is 0. The molecule has 0 aliphatic rings. The highest BCUT2D eigenvalue weighted by Crippen LogP contribution is 2.17. The van der Waals surface area contributed by atoms with E-state index < -0.39 is 0 Å². The molecule has 3 heteroatoms. The van der Waals surface area contributed by atoms with Gasteiger partial charge in [-0.1, -0.05) is 129 Å². The third kappa shape index (κ3) is 9.70. The van der Waals surface area contributed by atoms with Gasteiger partial charge in [0.05, 0.1) is 0 Å². The number of hydrogen-bond acceptors (Lipinski definition) is 1. The molecule has 4 rings (SSSR count). The molecule has 0 aliphatic carbocycles. The van der Waals surface area contributed by atoms with E-state index in [2.05, 4.69) is 129 Å². The van der Waals surface area contributed by atoms with Gasteiger partial charge in [0, 0.05) is 21.8 Å². The van der Waals surface area contributed by atoms with Crippen LogP contribution in [0.1, 0.15) is 59.1 Å². The zero-order chi connectivity index (χ0) is 26.6. The van der Waals surface area contributed by atoms with Crippen molar-refractivity contribution in [1.29, 1.82) is 0 Å². The minimum atomic E-state index is 0.369. The summed E-state index contributed by atoms with van der Waals surface area (Å²) >= 11 is 6.93. The number of carbonyl (C=O) groups is 1. The molecule has 0 aliphatic heterocycles. The van der Waals surface area contributed by atoms with Crippen molar-refractivity contribution in [3.05, 3.63) is 139 Å². The van der Waals surface area contributed by atoms with Crippen LogP contribution in [0, 0.1) is 0 Å². The van der Waals surface area contributed by atoms with Crippen molar-refractivity contribution in [2.75, 3.05) is 0 Å². The Labute approximate surface area is 243 Å². The molecule has 0 heterocycles. The van der Waals surface area contributed by atoms with Crippen molar-refractivity contribution in [3.63, 3.8) is 0 Å². The van der Waals surface area contributed by atoms with Gasteiger partial charge in [-0.15, -0.1) is 0 Å². The molecule has 192 valence electrons. The van der Waals surface area contributed by atoms with Crippen LogP contribution in [0.15, 0.2) is 106 Å². The smallest absolute Gasteiger partial charge is 0.132 e. The molecule has 0 unspecified atom stereocenters. The van der Waals surface area contributed by atoms with E-state index >= 15 is 0 Å². The molecule has 0 atom stereocenters. The molecule has 0 radical (unpaired) electrons. The summed E-state index contributed by atoms with van der Waals surface area (Å²) in [6, 6.07) is 33.8. The first kappa shape index (κ1) is 28.0. The van der Waals surface area contributed by atoms with Crippen LogP contribution in [-0.2, 0) is 17.6 Å². The number of carbonyl (C=O) groups excluding carboxylic acids is 1. The van der Waals surface area contributed by atoms with Gasteiger partial charge in [0.2, 0.25) is 0 Å². The summed E-state index contributed by atoms with van der Waals surface area (Å²) in [6.45, 7) is 0. The standard InChI is InChI=1S/C35H32Br2O/c36-33-23-19-31(20-24-33)17-15-29-11-7-27(8-12-29)3-1-5-35(38)6-2-4-28-9-13-30(14-10-28)16-18-32-21-25-34(37)26-22-32/h7-26H,1-6H2. The first-order valence-corrected chi connectivity index (χ1v) is 14.7. The van der Waals surface area contributed by atoms with Gasteiger partial charge >= 0.3 is 0 Å². The van der Waals surface area contributed by atoms with Gasteiger partial charge in [0.1, 0.15) is 5.78 Å². The fraction of sp³-hybridized carbons (Fsp3) is 0.171. The molecular weight excluding hydrogens is 596 g/mol. The second-order valence-corrected chi connectivity index (χ2v) is 11.3. The van der Waals surface area contributed by atoms with Crippen LogP contribution in [0.25, 0.3) is 24.3 Å². The topological polar surface area (TPSA) is 17.1 Å². The fourth-order valence-electron chi connectivity index (χ4n) is 4.23. The number of aryl methyl sites for hydroxylation is 2. The predicted molar refractivity (Wildman–Crippen MR) is 170 cm³/mol. The van der Waals surface area contributed by atoms with Crippen molar-refractivity contribution in [2.24, 2.45) is 0 Å². The zero-order valence-corrected chi connectivity index (χ0v) is 24.6. The number of halogens is 2. The van der Waals surface area contributed by atoms with Crippen molar-refractivity contribution >= 4 is 61.9 Å². The molecule has 0 saturated carbocycles. The average Bonchev–Trinajstić information content (AvgIpc) is 2.94. The Morgan fingerprint density at radius 3 is 1.08 bits per heavy atom. The Morgan fingerprint density at radius 2 is 0.763 bits per heavy atom. The largest absolute Gasteiger partial charge is 0.300 e. The third-order valence-corrected chi connectivity index (χ3v) is 7.54. The summed E-state index contributed by atoms with van der Waals surface area (Å²) < 4.78 is 2.17. The van der Waals surface area contributed by atoms with Gasteiger partial charge in [-0.25, -0.2) is 0 Å². The number of Topliss-reactive ketones (excluding diaryl/α,β-unsaturated/α-hetero) is 1. The minimum Gasteiger partial charge on any atom is -0.300 e. The van der Waals surface area contributed by atoms with Gasteiger partial charge < -0.3 is 0 Å². The summed E-state index contributed by atoms with van der Waals surface area (Å²) in [5.41, 5.74) is 7.29. The SMILES string of the molecule is O=C(CCCc1ccc(C=Cc2ccc(Br)cc2)cc1)CCCc1ccc(C=Cc2ccc(Br)cc2)cc1. The summed E-state index contributed by atoms with van der Waals surface area (Å²) in [6.07, 6.45) is 13.5. The number of benzene rings is 4. The summed E-state index contributed by atoms with van der Waals surface area (Å²) in [4.78, 5) is 12.4. The second-order valence-electron chi connectivity index (χ2n) is 9.50. The molecule has 0 aromatic heterocycles. The Morgan fingerprint density at radius 1 is 0.474 bits per heavy atom. The average molecular weight is 628 g/mol. The van der Waals surface area contributed by atoms with Crippen molar-refractivity contribution < 1.29 is 4.79 Å². The van der Waals surface area contributed by atoms with E-state index in [9.17, 15) is 4.79 Å². The van der Waals surface area contributed by atoms with Gasteiger partial charge in [0.15, 0.2) is 0 Å². The Kier molecular flexibility index (Phi) is 10.9. The molecule has 0 bridgehead atoms. The van der Waals surface area contributed by atoms with Crippen LogP contribution >= 0.6 is 31.9 Å². The van der Waals surface area contributed by atoms with Crippen molar-refractivity contribution in [1.82, 2.24) is 0 Å². The Balaban J connectivity index is 1.12. The van der Waals surface area contributed by atoms with E-state index in [0.29, 0.717) is 18.6 Å². The maximum Gasteiger partial charge on any atom is 0.132 e. The number of hydrogen-bond donors (Lipinski definition) is 0. The van der Waals surface area contributed by atoms with Crippen LogP contribution in [0.2, 0.25) is 0 Å². The highest BCUT2D eigenvalue weighted by molar-refractivity contribution is 9.10. The van der Waals surface area contributed by atoms with Crippen LogP contribution in [0.5, 0.6) is 0 Å². The van der Waals surface area contributed by atoms with E-state index in [-0.39, 0.29) is 0 Å². The van der Waals surface area contributed by atoms with Gasteiger partial charge in [-0.05, 0) is 83.3 Å². The lowest BCUT2D eigenvalue weighted by Gasteiger charge is -2.04. The number of rotatable bonds is 12. The molecule has 38 heavy (non-hydrogen) atoms. The lowest BCUT2D eigenvalue weighted by atomic mass is 10.0. The van der Waals surface area contributed by atoms with E-state index in [4.69, 9.17) is 0 Å². The predicted octanol–water partition coefficient (Wildman–Crippen LogP) is 10.5. The molecule has 4 aromatic carbocycles. The third-order valence-electron chi connectivity index (χ3n) is 6.48. The Hall–Kier alpha value is -3.01. The molecule has 0 fully saturated rings. The van der Waals surface area contributed by atoms with Crippen molar-refractivity contribution in [2.45, 2.75) is 38.5 Å². The molecule has 0 saturated heterocycles. The summed E-state index contributed by atoms with van der Waals surface area (Å²) in [5, 5.41) is 0. The minimum absolute atomic E-state index is 0.369.